The van der Waals surface area contributed by atoms with Crippen LogP contribution in [0.4, 0.5) is 14.5 Å². The highest BCUT2D eigenvalue weighted by atomic mass is 79.9. The number of hydrogen-bond acceptors (Lipinski definition) is 4. The van der Waals surface area contributed by atoms with E-state index in [0.717, 1.165) is 18.5 Å². The first kappa shape index (κ1) is 15.1. The molecule has 1 aromatic carbocycles. The lowest BCUT2D eigenvalue weighted by Gasteiger charge is -2.10. The van der Waals surface area contributed by atoms with Gasteiger partial charge in [-0.25, -0.2) is 27.2 Å². The maximum Gasteiger partial charge on any atom is 0.265 e. The molecule has 1 aromatic heterocycles. The molecule has 0 aliphatic rings. The van der Waals surface area contributed by atoms with Crippen LogP contribution in [0.25, 0.3) is 0 Å². The minimum absolute atomic E-state index is 0.0755. The summed E-state index contributed by atoms with van der Waals surface area (Å²) in [5.74, 6) is -1.90. The fraction of sp³-hybridized carbons (Fsp3) is 0. The van der Waals surface area contributed by atoms with Crippen molar-refractivity contribution in [3.05, 3.63) is 45.9 Å². The molecule has 10 heteroatoms. The Morgan fingerprint density at radius 1 is 1.20 bits per heavy atom. The van der Waals surface area contributed by atoms with Crippen molar-refractivity contribution in [3.63, 3.8) is 0 Å². The van der Waals surface area contributed by atoms with Crippen LogP contribution in [0.2, 0.25) is 5.28 Å². The molecule has 0 atom stereocenters. The van der Waals surface area contributed by atoms with Gasteiger partial charge in [-0.1, -0.05) is 0 Å². The molecule has 1 N–H and O–H groups in total. The van der Waals surface area contributed by atoms with Gasteiger partial charge in [-0.3, -0.25) is 4.72 Å². The zero-order chi connectivity index (χ0) is 14.9. The number of nitrogens with one attached hydrogen (secondary N) is 1. The van der Waals surface area contributed by atoms with Crippen molar-refractivity contribution in [1.29, 1.82) is 0 Å². The number of benzene rings is 1. The first-order chi connectivity index (χ1) is 9.29. The van der Waals surface area contributed by atoms with Crippen molar-refractivity contribution in [2.24, 2.45) is 0 Å². The smallest absolute Gasteiger partial charge is 0.265 e. The Labute approximate surface area is 126 Å². The fourth-order valence-corrected chi connectivity index (χ4v) is 2.99. The van der Waals surface area contributed by atoms with E-state index in [0.29, 0.717) is 6.07 Å². The number of hydrogen-bond donors (Lipinski definition) is 1. The minimum atomic E-state index is -4.11. The van der Waals surface area contributed by atoms with Gasteiger partial charge in [0.15, 0.2) is 5.82 Å². The van der Waals surface area contributed by atoms with Crippen molar-refractivity contribution < 1.29 is 17.2 Å². The molecule has 0 saturated carbocycles. The highest BCUT2D eigenvalue weighted by Gasteiger charge is 2.20. The number of halogens is 4. The maximum absolute atomic E-state index is 13.6. The molecule has 0 amide bonds. The molecule has 0 aliphatic carbocycles. The van der Waals surface area contributed by atoms with E-state index in [1.54, 1.807) is 0 Å². The predicted molar refractivity (Wildman–Crippen MR) is 71.9 cm³/mol. The average molecular weight is 385 g/mol. The van der Waals surface area contributed by atoms with Gasteiger partial charge in [0.2, 0.25) is 5.28 Å². The second-order valence-electron chi connectivity index (χ2n) is 3.54. The summed E-state index contributed by atoms with van der Waals surface area (Å²) in [6, 6.07) is 1.49. The van der Waals surface area contributed by atoms with Gasteiger partial charge in [-0.2, -0.15) is 0 Å². The Balaban J connectivity index is 2.41. The Morgan fingerprint density at radius 2 is 1.80 bits per heavy atom. The molecule has 0 aliphatic heterocycles. The lowest BCUT2D eigenvalue weighted by molar-refractivity contribution is 0.581. The van der Waals surface area contributed by atoms with Gasteiger partial charge >= 0.3 is 0 Å². The topological polar surface area (TPSA) is 72.0 Å². The molecule has 0 saturated heterocycles. The first-order valence-corrected chi connectivity index (χ1v) is 7.60. The van der Waals surface area contributed by atoms with Gasteiger partial charge in [-0.15, -0.1) is 0 Å². The van der Waals surface area contributed by atoms with Crippen LogP contribution < -0.4 is 4.72 Å². The van der Waals surface area contributed by atoms with E-state index < -0.39 is 27.3 Å². The van der Waals surface area contributed by atoms with Gasteiger partial charge in [-0.05, 0) is 33.6 Å². The maximum atomic E-state index is 13.6. The molecule has 1 heterocycles. The van der Waals surface area contributed by atoms with Crippen molar-refractivity contribution in [1.82, 2.24) is 9.97 Å². The Bertz CT molecular complexity index is 733. The third kappa shape index (κ3) is 3.22. The van der Waals surface area contributed by atoms with E-state index in [4.69, 9.17) is 11.6 Å². The monoisotopic (exact) mass is 383 g/mol. The summed E-state index contributed by atoms with van der Waals surface area (Å²) in [4.78, 5) is 6.72. The molecule has 20 heavy (non-hydrogen) atoms. The number of rotatable bonds is 3. The molecule has 106 valence electrons. The fourth-order valence-electron chi connectivity index (χ4n) is 1.27. The van der Waals surface area contributed by atoms with Crippen LogP contribution in [0.15, 0.2) is 33.9 Å². The summed E-state index contributed by atoms with van der Waals surface area (Å²) in [7, 11) is -4.11. The molecule has 0 spiro atoms. The molecular weight excluding hydrogens is 380 g/mol. The third-order valence-corrected chi connectivity index (χ3v) is 4.28. The SMILES string of the molecule is O=S(=O)(Nc1c(F)cc(F)cc1Br)c1cnc(Cl)nc1. The van der Waals surface area contributed by atoms with Crippen molar-refractivity contribution in [3.8, 4) is 0 Å². The summed E-state index contributed by atoms with van der Waals surface area (Å²) in [6.45, 7) is 0. The molecule has 0 bridgehead atoms. The van der Waals surface area contributed by atoms with E-state index in [-0.39, 0.29) is 14.7 Å². The lowest BCUT2D eigenvalue weighted by Crippen LogP contribution is -2.15. The zero-order valence-electron chi connectivity index (χ0n) is 9.44. The van der Waals surface area contributed by atoms with E-state index in [1.165, 1.54) is 0 Å². The van der Waals surface area contributed by atoms with E-state index >= 15 is 0 Å². The molecule has 2 rings (SSSR count). The van der Waals surface area contributed by atoms with Gasteiger partial charge < -0.3 is 0 Å². The molecular formula is C10H5BrClF2N3O2S. The highest BCUT2D eigenvalue weighted by molar-refractivity contribution is 9.10. The Morgan fingerprint density at radius 3 is 2.35 bits per heavy atom. The second-order valence-corrected chi connectivity index (χ2v) is 6.41. The highest BCUT2D eigenvalue weighted by Crippen LogP contribution is 2.28. The van der Waals surface area contributed by atoms with E-state index in [1.807, 2.05) is 4.72 Å². The van der Waals surface area contributed by atoms with E-state index in [9.17, 15) is 17.2 Å². The average Bonchev–Trinajstić information content (AvgIpc) is 2.34. The summed E-state index contributed by atoms with van der Waals surface area (Å²) >= 11 is 8.32. The van der Waals surface area contributed by atoms with Gasteiger partial charge in [0, 0.05) is 10.5 Å². The Hall–Kier alpha value is -1.32. The van der Waals surface area contributed by atoms with Crippen LogP contribution >= 0.6 is 27.5 Å². The zero-order valence-corrected chi connectivity index (χ0v) is 12.6. The largest absolute Gasteiger partial charge is 0.275 e. The van der Waals surface area contributed by atoms with Crippen LogP contribution in [-0.4, -0.2) is 18.4 Å². The molecule has 5 nitrogen and oxygen atoms in total. The summed E-state index contributed by atoms with van der Waals surface area (Å²) in [5.41, 5.74) is -0.415. The number of anilines is 1. The van der Waals surface area contributed by atoms with Gasteiger partial charge in [0.25, 0.3) is 10.0 Å². The van der Waals surface area contributed by atoms with Gasteiger partial charge in [0.1, 0.15) is 10.7 Å². The van der Waals surface area contributed by atoms with Crippen molar-refractivity contribution in [2.45, 2.75) is 4.90 Å². The lowest BCUT2D eigenvalue weighted by atomic mass is 10.3. The van der Waals surface area contributed by atoms with Crippen LogP contribution in [-0.2, 0) is 10.0 Å². The van der Waals surface area contributed by atoms with Crippen LogP contribution in [0.1, 0.15) is 0 Å². The number of aromatic nitrogens is 2. The summed E-state index contributed by atoms with van der Waals surface area (Å²) < 4.78 is 52.4. The molecule has 2 aromatic rings. The van der Waals surface area contributed by atoms with Crippen molar-refractivity contribution >= 4 is 43.2 Å². The summed E-state index contributed by atoms with van der Waals surface area (Å²) in [6.07, 6.45) is 1.93. The Kier molecular flexibility index (Phi) is 4.21. The summed E-state index contributed by atoms with van der Waals surface area (Å²) in [5, 5.41) is -0.127. The van der Waals surface area contributed by atoms with Gasteiger partial charge in [0.05, 0.1) is 18.1 Å². The van der Waals surface area contributed by atoms with Crippen LogP contribution in [0.3, 0.4) is 0 Å². The number of nitrogens with zero attached hydrogens (tertiary/aromatic N) is 2. The van der Waals surface area contributed by atoms with Crippen LogP contribution in [0.5, 0.6) is 0 Å². The normalized spacial score (nSPS) is 11.4. The quantitative estimate of drug-likeness (QED) is 0.826. The minimum Gasteiger partial charge on any atom is -0.275 e. The standard InChI is InChI=1S/C10H5BrClF2N3O2S/c11-7-1-5(13)2-8(14)9(7)17-20(18,19)6-3-15-10(12)16-4-6/h1-4,17H. The molecule has 0 unspecified atom stereocenters. The van der Waals surface area contributed by atoms with E-state index in [2.05, 4.69) is 25.9 Å². The predicted octanol–water partition coefficient (Wildman–Crippen LogP) is 2.97. The molecule has 0 fully saturated rings. The number of sulfonamides is 1. The second kappa shape index (κ2) is 5.58. The van der Waals surface area contributed by atoms with Crippen LogP contribution in [0, 0.1) is 11.6 Å². The first-order valence-electron chi connectivity index (χ1n) is 4.94. The van der Waals surface area contributed by atoms with Crippen molar-refractivity contribution in [2.75, 3.05) is 4.72 Å². The molecule has 0 radical (unpaired) electrons. The third-order valence-electron chi connectivity index (χ3n) is 2.15.